The molecule has 0 aromatic rings. The molecule has 0 heterocycles. The molecule has 0 aliphatic heterocycles. The quantitative estimate of drug-likeness (QED) is 0.605. The largest absolute Gasteiger partial charge is 0.244 e. The lowest BCUT2D eigenvalue weighted by Crippen LogP contribution is -2.47. The van der Waals surface area contributed by atoms with Crippen LogP contribution in [0.4, 0.5) is 4.39 Å². The third kappa shape index (κ3) is 2.05. The van der Waals surface area contributed by atoms with E-state index in [1.807, 2.05) is 20.8 Å². The third-order valence-corrected chi connectivity index (χ3v) is 4.54. The highest BCUT2D eigenvalue weighted by molar-refractivity contribution is 4.98. The second-order valence-electron chi connectivity index (χ2n) is 5.41. The van der Waals surface area contributed by atoms with Crippen molar-refractivity contribution in [3.05, 3.63) is 0 Å². The molecule has 1 heteroatoms. The Morgan fingerprint density at radius 2 is 1.23 bits per heavy atom. The first-order chi connectivity index (χ1) is 5.62. The Kier molecular flexibility index (Phi) is 3.57. The van der Waals surface area contributed by atoms with E-state index in [0.29, 0.717) is 6.42 Å². The van der Waals surface area contributed by atoms with Crippen LogP contribution in [0.1, 0.15) is 61.3 Å². The molecule has 0 saturated heterocycles. The van der Waals surface area contributed by atoms with E-state index < -0.39 is 5.67 Å². The van der Waals surface area contributed by atoms with E-state index >= 15 is 0 Å². The molecule has 0 aromatic heterocycles. The fourth-order valence-electron chi connectivity index (χ4n) is 1.59. The van der Waals surface area contributed by atoms with E-state index in [9.17, 15) is 4.39 Å². The summed E-state index contributed by atoms with van der Waals surface area (Å²) in [5, 5.41) is 0. The van der Waals surface area contributed by atoms with Gasteiger partial charge in [0.1, 0.15) is 5.67 Å². The lowest BCUT2D eigenvalue weighted by atomic mass is 9.58. The fourth-order valence-corrected chi connectivity index (χ4v) is 1.59. The number of rotatable bonds is 4. The van der Waals surface area contributed by atoms with Crippen molar-refractivity contribution in [1.82, 2.24) is 0 Å². The molecule has 80 valence electrons. The summed E-state index contributed by atoms with van der Waals surface area (Å²) in [5.41, 5.74) is -1.30. The van der Waals surface area contributed by atoms with Gasteiger partial charge in [0.2, 0.25) is 0 Å². The van der Waals surface area contributed by atoms with Crippen molar-refractivity contribution in [2.24, 2.45) is 10.8 Å². The minimum absolute atomic E-state index is 0.0481. The van der Waals surface area contributed by atoms with Gasteiger partial charge >= 0.3 is 0 Å². The first kappa shape index (κ1) is 12.9. The van der Waals surface area contributed by atoms with Gasteiger partial charge in [-0.3, -0.25) is 0 Å². The van der Waals surface area contributed by atoms with E-state index in [1.165, 1.54) is 0 Å². The predicted octanol–water partition coefficient (Wildman–Crippen LogP) is 4.59. The van der Waals surface area contributed by atoms with Crippen LogP contribution in [0.5, 0.6) is 0 Å². The molecule has 0 rings (SSSR count). The molecule has 0 N–H and O–H groups in total. The molecule has 0 bridgehead atoms. The Balaban J connectivity index is 4.95. The van der Waals surface area contributed by atoms with Crippen LogP contribution in [0.15, 0.2) is 0 Å². The van der Waals surface area contributed by atoms with E-state index in [0.717, 1.165) is 6.42 Å². The number of alkyl halides is 1. The summed E-state index contributed by atoms with van der Waals surface area (Å²) in [4.78, 5) is 0. The SMILES string of the molecule is CCC(C)(C)C(C)(C)C(C)(F)CC. The first-order valence-electron chi connectivity index (χ1n) is 5.31. The van der Waals surface area contributed by atoms with Gasteiger partial charge in [-0.1, -0.05) is 48.0 Å². The van der Waals surface area contributed by atoms with Gasteiger partial charge in [-0.15, -0.1) is 0 Å². The van der Waals surface area contributed by atoms with Crippen molar-refractivity contribution in [3.63, 3.8) is 0 Å². The Bertz CT molecular complexity index is 148. The van der Waals surface area contributed by atoms with Crippen molar-refractivity contribution in [3.8, 4) is 0 Å². The Hall–Kier alpha value is -0.0700. The molecular formula is C12H25F. The van der Waals surface area contributed by atoms with Crippen molar-refractivity contribution >= 4 is 0 Å². The Morgan fingerprint density at radius 3 is 1.46 bits per heavy atom. The summed E-state index contributed by atoms with van der Waals surface area (Å²) in [6, 6.07) is 0. The van der Waals surface area contributed by atoms with E-state index in [1.54, 1.807) is 6.92 Å². The smallest absolute Gasteiger partial charge is 0.113 e. The third-order valence-electron chi connectivity index (χ3n) is 4.54. The second-order valence-corrected chi connectivity index (χ2v) is 5.41. The zero-order valence-corrected chi connectivity index (χ0v) is 10.3. The second kappa shape index (κ2) is 3.59. The molecule has 0 radical (unpaired) electrons. The molecule has 0 aromatic carbocycles. The van der Waals surface area contributed by atoms with E-state index in [2.05, 4.69) is 20.8 Å². The van der Waals surface area contributed by atoms with Gasteiger partial charge in [0.25, 0.3) is 0 Å². The molecule has 0 fully saturated rings. The van der Waals surface area contributed by atoms with Gasteiger partial charge in [0.05, 0.1) is 0 Å². The summed E-state index contributed by atoms with van der Waals surface area (Å²) >= 11 is 0. The monoisotopic (exact) mass is 188 g/mol. The van der Waals surface area contributed by atoms with Gasteiger partial charge in [-0.2, -0.15) is 0 Å². The fraction of sp³-hybridized carbons (Fsp3) is 1.00. The van der Waals surface area contributed by atoms with Crippen LogP contribution in [-0.4, -0.2) is 5.67 Å². The minimum atomic E-state index is -1.08. The lowest BCUT2D eigenvalue weighted by molar-refractivity contribution is -0.0604. The van der Waals surface area contributed by atoms with Crippen LogP contribution in [-0.2, 0) is 0 Å². The van der Waals surface area contributed by atoms with Crippen LogP contribution in [0, 0.1) is 10.8 Å². The average Bonchev–Trinajstić information content (AvgIpc) is 2.03. The summed E-state index contributed by atoms with van der Waals surface area (Å²) in [7, 11) is 0. The van der Waals surface area contributed by atoms with Crippen LogP contribution in [0.2, 0.25) is 0 Å². The summed E-state index contributed by atoms with van der Waals surface area (Å²) in [6.45, 7) is 14.2. The molecule has 1 unspecified atom stereocenters. The molecule has 0 aliphatic rings. The van der Waals surface area contributed by atoms with Gasteiger partial charge in [-0.25, -0.2) is 4.39 Å². The Morgan fingerprint density at radius 1 is 0.846 bits per heavy atom. The molecule has 0 spiro atoms. The zero-order chi connectivity index (χ0) is 10.9. The maximum absolute atomic E-state index is 14.3. The highest BCUT2D eigenvalue weighted by Gasteiger charge is 2.49. The predicted molar refractivity (Wildman–Crippen MR) is 57.7 cm³/mol. The maximum Gasteiger partial charge on any atom is 0.113 e. The van der Waals surface area contributed by atoms with Gasteiger partial charge in [-0.05, 0) is 18.8 Å². The van der Waals surface area contributed by atoms with Crippen LogP contribution in [0.3, 0.4) is 0 Å². The van der Waals surface area contributed by atoms with Crippen molar-refractivity contribution in [2.45, 2.75) is 67.0 Å². The number of hydrogen-bond donors (Lipinski definition) is 0. The van der Waals surface area contributed by atoms with Crippen LogP contribution >= 0.6 is 0 Å². The van der Waals surface area contributed by atoms with Gasteiger partial charge < -0.3 is 0 Å². The van der Waals surface area contributed by atoms with Gasteiger partial charge in [0, 0.05) is 5.41 Å². The topological polar surface area (TPSA) is 0 Å². The zero-order valence-electron chi connectivity index (χ0n) is 10.3. The summed E-state index contributed by atoms with van der Waals surface area (Å²) in [5.74, 6) is 0. The Labute approximate surface area is 82.9 Å². The maximum atomic E-state index is 14.3. The van der Waals surface area contributed by atoms with Crippen molar-refractivity contribution in [2.75, 3.05) is 0 Å². The lowest BCUT2D eigenvalue weighted by Gasteiger charge is -2.49. The van der Waals surface area contributed by atoms with Crippen LogP contribution < -0.4 is 0 Å². The minimum Gasteiger partial charge on any atom is -0.244 e. The summed E-state index contributed by atoms with van der Waals surface area (Å²) < 4.78 is 14.3. The molecule has 1 atom stereocenters. The molecule has 0 aliphatic carbocycles. The van der Waals surface area contributed by atoms with Crippen LogP contribution in [0.25, 0.3) is 0 Å². The molecule has 0 saturated carbocycles. The molecule has 13 heavy (non-hydrogen) atoms. The molecule has 0 amide bonds. The first-order valence-corrected chi connectivity index (χ1v) is 5.31. The average molecular weight is 188 g/mol. The van der Waals surface area contributed by atoms with Crippen molar-refractivity contribution < 1.29 is 4.39 Å². The number of hydrogen-bond acceptors (Lipinski definition) is 0. The van der Waals surface area contributed by atoms with E-state index in [4.69, 9.17) is 0 Å². The van der Waals surface area contributed by atoms with Gasteiger partial charge in [0.15, 0.2) is 0 Å². The highest BCUT2D eigenvalue weighted by Crippen LogP contribution is 2.51. The summed E-state index contributed by atoms with van der Waals surface area (Å²) in [6.07, 6.45) is 1.60. The normalized spacial score (nSPS) is 18.5. The van der Waals surface area contributed by atoms with E-state index in [-0.39, 0.29) is 10.8 Å². The molecular weight excluding hydrogens is 163 g/mol. The molecule has 0 nitrogen and oxygen atoms in total. The number of halogens is 1. The standard InChI is InChI=1S/C12H25F/c1-8-10(3,4)11(5,6)12(7,13)9-2/h8-9H2,1-7H3. The highest BCUT2D eigenvalue weighted by atomic mass is 19.1. The van der Waals surface area contributed by atoms with Crippen molar-refractivity contribution in [1.29, 1.82) is 0 Å².